The van der Waals surface area contributed by atoms with Crippen LogP contribution < -0.4 is 5.32 Å². The van der Waals surface area contributed by atoms with Crippen molar-refractivity contribution < 1.29 is 51.6 Å². The number of esters is 2. The van der Waals surface area contributed by atoms with E-state index in [0.29, 0.717) is 48.9 Å². The quantitative estimate of drug-likeness (QED) is 0.0132. The zero-order valence-corrected chi connectivity index (χ0v) is 34.3. The Morgan fingerprint density at radius 3 is 2.13 bits per heavy atom. The summed E-state index contributed by atoms with van der Waals surface area (Å²) in [4.78, 5) is 46.0. The van der Waals surface area contributed by atoms with Crippen molar-refractivity contribution in [3.8, 4) is 0 Å². The molecule has 0 saturated heterocycles. The Hall–Kier alpha value is -3.43. The normalized spacial score (nSPS) is 13.5. The van der Waals surface area contributed by atoms with Crippen LogP contribution in [0.4, 0.5) is 11.4 Å². The van der Waals surface area contributed by atoms with Crippen molar-refractivity contribution in [1.82, 2.24) is 10.3 Å². The number of nitro benzene ring substituents is 1. The van der Waals surface area contributed by atoms with Crippen LogP contribution in [-0.2, 0) is 32.7 Å². The molecule has 1 unspecified atom stereocenters. The summed E-state index contributed by atoms with van der Waals surface area (Å²) in [6.07, 6.45) is 20.5. The van der Waals surface area contributed by atoms with Crippen molar-refractivity contribution in [1.29, 1.82) is 0 Å². The van der Waals surface area contributed by atoms with Crippen LogP contribution in [0, 0.1) is 10.1 Å². The van der Waals surface area contributed by atoms with Crippen LogP contribution >= 0.6 is 7.82 Å². The molecule has 1 aromatic carbocycles. The summed E-state index contributed by atoms with van der Waals surface area (Å²) < 4.78 is 38.7. The first-order valence-corrected chi connectivity index (χ1v) is 21.4. The van der Waals surface area contributed by atoms with Crippen LogP contribution in [0.2, 0.25) is 0 Å². The molecule has 2 atom stereocenters. The third kappa shape index (κ3) is 22.7. The Morgan fingerprint density at radius 2 is 1.47 bits per heavy atom. The number of non-ortho nitro benzene ring substituents is 1. The molecular weight excluding hydrogens is 733 g/mol. The lowest BCUT2D eigenvalue weighted by Crippen LogP contribution is -2.37. The molecule has 0 saturated carbocycles. The van der Waals surface area contributed by atoms with Gasteiger partial charge in [0.25, 0.3) is 0 Å². The van der Waals surface area contributed by atoms with E-state index in [4.69, 9.17) is 18.5 Å². The van der Waals surface area contributed by atoms with Crippen LogP contribution in [0.1, 0.15) is 122 Å². The average molecular weight is 799 g/mol. The lowest BCUT2D eigenvalue weighted by Gasteiger charge is -2.24. The predicted octanol–water partition coefficient (Wildman–Crippen LogP) is 8.44. The Kier molecular flexibility index (Phi) is 23.6. The van der Waals surface area contributed by atoms with E-state index in [2.05, 4.69) is 39.3 Å². The first kappa shape index (κ1) is 47.7. The van der Waals surface area contributed by atoms with Crippen molar-refractivity contribution in [2.75, 3.05) is 59.4 Å². The van der Waals surface area contributed by atoms with Gasteiger partial charge in [0.05, 0.1) is 38.4 Å². The molecule has 1 heterocycles. The summed E-state index contributed by atoms with van der Waals surface area (Å²) in [6, 6.07) is 2.87. The fourth-order valence-electron chi connectivity index (χ4n) is 5.54. The van der Waals surface area contributed by atoms with Crippen LogP contribution in [0.3, 0.4) is 0 Å². The fourth-order valence-corrected chi connectivity index (χ4v) is 6.28. The number of nitrogens with one attached hydrogen (secondary N) is 1. The number of nitrogens with zero attached hydrogens (tertiary/aromatic N) is 4. The summed E-state index contributed by atoms with van der Waals surface area (Å²) in [5.74, 6) is -1.01. The number of likely N-dealkylation sites (N-methyl/N-ethyl adjacent to an activating group) is 1. The summed E-state index contributed by atoms with van der Waals surface area (Å²) in [5.41, 5.74) is 0.647. The van der Waals surface area contributed by atoms with Crippen LogP contribution in [0.5, 0.6) is 0 Å². The summed E-state index contributed by atoms with van der Waals surface area (Å²) in [5, 5.41) is 21.7. The van der Waals surface area contributed by atoms with Crippen LogP contribution in [0.25, 0.3) is 11.0 Å². The number of hydrogen-bond acceptors (Lipinski definition) is 13. The largest absolute Gasteiger partial charge is 0.472 e. The maximum absolute atomic E-state index is 12.7. The molecule has 16 nitrogen and oxygen atoms in total. The highest BCUT2D eigenvalue weighted by molar-refractivity contribution is 7.47. The number of nitro groups is 1. The van der Waals surface area contributed by atoms with E-state index in [-0.39, 0.29) is 42.8 Å². The van der Waals surface area contributed by atoms with Crippen molar-refractivity contribution in [3.63, 3.8) is 0 Å². The van der Waals surface area contributed by atoms with E-state index in [1.165, 1.54) is 50.7 Å². The molecule has 0 radical (unpaired) electrons. The van der Waals surface area contributed by atoms with Gasteiger partial charge in [0.15, 0.2) is 11.6 Å². The van der Waals surface area contributed by atoms with Gasteiger partial charge >= 0.3 is 25.4 Å². The molecule has 0 spiro atoms. The molecule has 0 aliphatic heterocycles. The highest BCUT2D eigenvalue weighted by Gasteiger charge is 2.27. The smallest absolute Gasteiger partial charge is 0.462 e. The summed E-state index contributed by atoms with van der Waals surface area (Å²) in [6.45, 7) is 2.36. The second kappa shape index (κ2) is 27.2. The molecule has 1 aromatic heterocycles. The first-order chi connectivity index (χ1) is 26.3. The molecule has 17 heteroatoms. The number of benzene rings is 1. The second-order valence-corrected chi connectivity index (χ2v) is 16.3. The number of aromatic nitrogens is 2. The zero-order chi connectivity index (χ0) is 40.4. The van der Waals surface area contributed by atoms with E-state index in [1.807, 2.05) is 21.1 Å². The van der Waals surface area contributed by atoms with Crippen molar-refractivity contribution in [2.45, 2.75) is 129 Å². The summed E-state index contributed by atoms with van der Waals surface area (Å²) in [7, 11) is 1.29. The number of anilines is 1. The minimum Gasteiger partial charge on any atom is -0.462 e. The van der Waals surface area contributed by atoms with Gasteiger partial charge in [0.1, 0.15) is 19.8 Å². The molecule has 55 heavy (non-hydrogen) atoms. The molecule has 0 fully saturated rings. The molecule has 2 N–H and O–H groups in total. The predicted molar refractivity (Wildman–Crippen MR) is 210 cm³/mol. The molecule has 0 bridgehead atoms. The van der Waals surface area contributed by atoms with Gasteiger partial charge in [-0.25, -0.2) is 9.19 Å². The minimum atomic E-state index is -4.45. The third-order valence-corrected chi connectivity index (χ3v) is 9.76. The second-order valence-electron chi connectivity index (χ2n) is 14.8. The van der Waals surface area contributed by atoms with Gasteiger partial charge in [-0.05, 0) is 61.3 Å². The zero-order valence-electron chi connectivity index (χ0n) is 33.4. The number of rotatable bonds is 33. The first-order valence-electron chi connectivity index (χ1n) is 19.9. The van der Waals surface area contributed by atoms with E-state index >= 15 is 0 Å². The highest BCUT2D eigenvalue weighted by atomic mass is 31.2. The SMILES string of the molecule is CCCCCCCCC=CCCCCCCCC(=O)OC[C@H](COP(=O)(O)OCC[N+](C)(C)C)OC(=O)CCCCCNc1ccc([N+](=O)[O-])c2nonc12. The number of carbonyl (C=O) groups excluding carboxylic acids is 2. The Labute approximate surface area is 326 Å². The van der Waals surface area contributed by atoms with Gasteiger partial charge in [0, 0.05) is 25.5 Å². The molecule has 0 aliphatic rings. The number of ether oxygens (including phenoxy) is 2. The molecule has 2 aromatic rings. The van der Waals surface area contributed by atoms with Crippen LogP contribution in [0.15, 0.2) is 28.9 Å². The standard InChI is InChI=1S/C38H64N5O11P/c1-5-6-7-8-9-10-11-12-13-14-15-16-17-18-20-23-35(44)50-30-32(31-52-55(48,49)51-29-28-43(2,3)4)53-36(45)24-21-19-22-27-39-33-25-26-34(42(46)47)38-37(33)40-54-41-38/h12-13,25-26,32H,5-11,14-24,27-31H2,1-4H3,(H-,39,41,48,49)/p+1/t32-/m1/s1. The molecule has 312 valence electrons. The van der Waals surface area contributed by atoms with Gasteiger partial charge in [0.2, 0.25) is 5.52 Å². The minimum absolute atomic E-state index is 0.0217. The lowest BCUT2D eigenvalue weighted by atomic mass is 10.1. The monoisotopic (exact) mass is 798 g/mol. The van der Waals surface area contributed by atoms with Crippen molar-refractivity contribution >= 4 is 42.2 Å². The number of carbonyl (C=O) groups is 2. The van der Waals surface area contributed by atoms with Gasteiger partial charge in [-0.2, -0.15) is 0 Å². The third-order valence-electron chi connectivity index (χ3n) is 8.78. The summed E-state index contributed by atoms with van der Waals surface area (Å²) >= 11 is 0. The number of fused-ring (bicyclic) bond motifs is 1. The fraction of sp³-hybridized carbons (Fsp3) is 0.737. The van der Waals surface area contributed by atoms with Gasteiger partial charge in [-0.15, -0.1) is 0 Å². The van der Waals surface area contributed by atoms with Crippen molar-refractivity contribution in [2.24, 2.45) is 0 Å². The lowest BCUT2D eigenvalue weighted by molar-refractivity contribution is -0.870. The number of phosphoric ester groups is 1. The molecule has 0 aliphatic carbocycles. The van der Waals surface area contributed by atoms with Gasteiger partial charge in [-0.1, -0.05) is 76.9 Å². The highest BCUT2D eigenvalue weighted by Crippen LogP contribution is 2.43. The van der Waals surface area contributed by atoms with E-state index < -0.39 is 37.4 Å². The van der Waals surface area contributed by atoms with E-state index in [9.17, 15) is 29.2 Å². The topological polar surface area (TPSA) is 202 Å². The number of hydrogen-bond donors (Lipinski definition) is 2. The number of unbranched alkanes of at least 4 members (excludes halogenated alkanes) is 13. The van der Waals surface area contributed by atoms with Crippen LogP contribution in [-0.4, -0.2) is 96.7 Å². The molecular formula is C38H65N5O11P+. The van der Waals surface area contributed by atoms with E-state index in [0.717, 1.165) is 38.5 Å². The maximum atomic E-state index is 12.7. The van der Waals surface area contributed by atoms with Gasteiger partial charge in [-0.3, -0.25) is 28.8 Å². The average Bonchev–Trinajstić information content (AvgIpc) is 3.62. The van der Waals surface area contributed by atoms with E-state index in [1.54, 1.807) is 0 Å². The van der Waals surface area contributed by atoms with Crippen molar-refractivity contribution in [3.05, 3.63) is 34.4 Å². The maximum Gasteiger partial charge on any atom is 0.472 e. The Bertz CT molecular complexity index is 1480. The Balaban J connectivity index is 1.70. The number of quaternary nitrogens is 1. The Morgan fingerprint density at radius 1 is 0.873 bits per heavy atom. The number of phosphoric acid groups is 1. The number of allylic oxidation sites excluding steroid dienone is 2. The van der Waals surface area contributed by atoms with Gasteiger partial charge < -0.3 is 24.2 Å². The molecule has 2 rings (SSSR count). The molecule has 0 amide bonds.